The molecule has 0 spiro atoms. The van der Waals surface area contributed by atoms with E-state index in [2.05, 4.69) is 15.3 Å². The predicted molar refractivity (Wildman–Crippen MR) is 70.5 cm³/mol. The number of hydrogen-bond donors (Lipinski definition) is 2. The van der Waals surface area contributed by atoms with Gasteiger partial charge in [0.1, 0.15) is 12.1 Å². The summed E-state index contributed by atoms with van der Waals surface area (Å²) in [5.41, 5.74) is 2.88. The molecule has 2 aliphatic carbocycles. The fourth-order valence-corrected chi connectivity index (χ4v) is 2.87. The van der Waals surface area contributed by atoms with Gasteiger partial charge in [-0.1, -0.05) is 0 Å². The molecule has 0 saturated heterocycles. The second-order valence-corrected chi connectivity index (χ2v) is 5.68. The summed E-state index contributed by atoms with van der Waals surface area (Å²) in [5, 5.41) is 12.6. The van der Waals surface area contributed by atoms with Gasteiger partial charge in [0.25, 0.3) is 0 Å². The minimum Gasteiger partial charge on any atom is -0.396 e. The SMILES string of the molecule is OCCC1(CNc2ncnc3c2CCCC3)CC1. The number of nitrogens with zero attached hydrogens (tertiary/aromatic N) is 2. The van der Waals surface area contributed by atoms with Crippen molar-refractivity contribution >= 4 is 5.82 Å². The van der Waals surface area contributed by atoms with E-state index in [-0.39, 0.29) is 0 Å². The Morgan fingerprint density at radius 1 is 1.22 bits per heavy atom. The molecule has 3 rings (SSSR count). The number of aromatic nitrogens is 2. The highest BCUT2D eigenvalue weighted by molar-refractivity contribution is 5.47. The van der Waals surface area contributed by atoms with Crippen LogP contribution < -0.4 is 5.32 Å². The van der Waals surface area contributed by atoms with Gasteiger partial charge in [-0.05, 0) is 50.4 Å². The quantitative estimate of drug-likeness (QED) is 0.834. The normalized spacial score (nSPS) is 20.3. The summed E-state index contributed by atoms with van der Waals surface area (Å²) >= 11 is 0. The lowest BCUT2D eigenvalue weighted by Crippen LogP contribution is -2.19. The van der Waals surface area contributed by atoms with E-state index in [4.69, 9.17) is 5.11 Å². The molecular weight excluding hydrogens is 226 g/mol. The number of aryl methyl sites for hydroxylation is 1. The van der Waals surface area contributed by atoms with Crippen molar-refractivity contribution in [3.05, 3.63) is 17.6 Å². The predicted octanol–water partition coefficient (Wildman–Crippen LogP) is 1.93. The van der Waals surface area contributed by atoms with Gasteiger partial charge < -0.3 is 10.4 Å². The fraction of sp³-hybridized carbons (Fsp3) is 0.714. The summed E-state index contributed by atoms with van der Waals surface area (Å²) in [4.78, 5) is 8.78. The zero-order valence-corrected chi connectivity index (χ0v) is 10.8. The lowest BCUT2D eigenvalue weighted by molar-refractivity contribution is 0.253. The Hall–Kier alpha value is -1.16. The van der Waals surface area contributed by atoms with Crippen molar-refractivity contribution in [3.8, 4) is 0 Å². The molecule has 18 heavy (non-hydrogen) atoms. The smallest absolute Gasteiger partial charge is 0.132 e. The highest BCUT2D eigenvalue weighted by Crippen LogP contribution is 2.48. The van der Waals surface area contributed by atoms with Crippen LogP contribution in [0.25, 0.3) is 0 Å². The second kappa shape index (κ2) is 4.84. The van der Waals surface area contributed by atoms with Crippen LogP contribution in [-0.4, -0.2) is 28.2 Å². The van der Waals surface area contributed by atoms with Crippen molar-refractivity contribution < 1.29 is 5.11 Å². The van der Waals surface area contributed by atoms with E-state index in [1.165, 1.54) is 36.9 Å². The number of rotatable bonds is 5. The number of aliphatic hydroxyl groups is 1. The van der Waals surface area contributed by atoms with Crippen LogP contribution in [0.15, 0.2) is 6.33 Å². The molecule has 98 valence electrons. The number of aliphatic hydroxyl groups excluding tert-OH is 1. The molecular formula is C14H21N3O. The maximum atomic E-state index is 9.08. The highest BCUT2D eigenvalue weighted by Gasteiger charge is 2.41. The Bertz CT molecular complexity index is 429. The monoisotopic (exact) mass is 247 g/mol. The van der Waals surface area contributed by atoms with E-state index in [0.29, 0.717) is 12.0 Å². The molecule has 2 aliphatic rings. The van der Waals surface area contributed by atoms with E-state index in [1.807, 2.05) is 0 Å². The van der Waals surface area contributed by atoms with Gasteiger partial charge in [-0.3, -0.25) is 0 Å². The maximum absolute atomic E-state index is 9.08. The average Bonchev–Trinajstić information content (AvgIpc) is 3.17. The summed E-state index contributed by atoms with van der Waals surface area (Å²) in [6, 6.07) is 0. The van der Waals surface area contributed by atoms with E-state index in [0.717, 1.165) is 31.6 Å². The van der Waals surface area contributed by atoms with Crippen LogP contribution in [0.2, 0.25) is 0 Å². The minimum atomic E-state index is 0.295. The van der Waals surface area contributed by atoms with Crippen molar-refractivity contribution in [1.29, 1.82) is 0 Å². The van der Waals surface area contributed by atoms with Crippen molar-refractivity contribution in [2.24, 2.45) is 5.41 Å². The van der Waals surface area contributed by atoms with Crippen molar-refractivity contribution in [2.75, 3.05) is 18.5 Å². The van der Waals surface area contributed by atoms with Gasteiger partial charge in [0.15, 0.2) is 0 Å². The molecule has 1 fully saturated rings. The van der Waals surface area contributed by atoms with Crippen LogP contribution in [0.3, 0.4) is 0 Å². The largest absolute Gasteiger partial charge is 0.396 e. The molecule has 0 bridgehead atoms. The first-order valence-electron chi connectivity index (χ1n) is 7.00. The van der Waals surface area contributed by atoms with E-state index in [9.17, 15) is 0 Å². The van der Waals surface area contributed by atoms with E-state index < -0.39 is 0 Å². The standard InChI is InChI=1S/C14H21N3O/c18-8-7-14(5-6-14)9-15-13-11-3-1-2-4-12(11)16-10-17-13/h10,18H,1-9H2,(H,15,16,17). The summed E-state index contributed by atoms with van der Waals surface area (Å²) in [6.45, 7) is 1.24. The Morgan fingerprint density at radius 2 is 2.06 bits per heavy atom. The number of nitrogens with one attached hydrogen (secondary N) is 1. The Labute approximate surface area is 108 Å². The Kier molecular flexibility index (Phi) is 3.20. The summed E-state index contributed by atoms with van der Waals surface area (Å²) in [6.07, 6.45) is 9.74. The average molecular weight is 247 g/mol. The van der Waals surface area contributed by atoms with Gasteiger partial charge in [-0.15, -0.1) is 0 Å². The van der Waals surface area contributed by atoms with Crippen LogP contribution in [-0.2, 0) is 12.8 Å². The van der Waals surface area contributed by atoms with Crippen LogP contribution in [0.4, 0.5) is 5.82 Å². The third-order valence-electron chi connectivity index (χ3n) is 4.36. The summed E-state index contributed by atoms with van der Waals surface area (Å²) in [7, 11) is 0. The van der Waals surface area contributed by atoms with E-state index >= 15 is 0 Å². The van der Waals surface area contributed by atoms with Crippen LogP contribution in [0, 0.1) is 5.41 Å². The van der Waals surface area contributed by atoms with Gasteiger partial charge in [0.2, 0.25) is 0 Å². The molecule has 1 aromatic heterocycles. The lowest BCUT2D eigenvalue weighted by atomic mass is 9.96. The molecule has 4 heteroatoms. The molecule has 1 saturated carbocycles. The molecule has 4 nitrogen and oxygen atoms in total. The van der Waals surface area contributed by atoms with Crippen LogP contribution in [0.1, 0.15) is 43.4 Å². The van der Waals surface area contributed by atoms with Crippen molar-refractivity contribution in [1.82, 2.24) is 9.97 Å². The Morgan fingerprint density at radius 3 is 2.83 bits per heavy atom. The molecule has 0 aromatic carbocycles. The topological polar surface area (TPSA) is 58.0 Å². The molecule has 1 aromatic rings. The first kappa shape index (κ1) is 11.9. The number of fused-ring (bicyclic) bond motifs is 1. The van der Waals surface area contributed by atoms with Crippen molar-refractivity contribution in [2.45, 2.75) is 44.9 Å². The lowest BCUT2D eigenvalue weighted by Gasteiger charge is -2.20. The summed E-state index contributed by atoms with van der Waals surface area (Å²) in [5.74, 6) is 1.03. The highest BCUT2D eigenvalue weighted by atomic mass is 16.3. The second-order valence-electron chi connectivity index (χ2n) is 5.68. The van der Waals surface area contributed by atoms with Crippen LogP contribution >= 0.6 is 0 Å². The zero-order chi connectivity index (χ0) is 12.4. The fourth-order valence-electron chi connectivity index (χ4n) is 2.87. The third-order valence-corrected chi connectivity index (χ3v) is 4.36. The Balaban J connectivity index is 1.69. The van der Waals surface area contributed by atoms with Gasteiger partial charge in [-0.25, -0.2) is 9.97 Å². The molecule has 0 amide bonds. The van der Waals surface area contributed by atoms with E-state index in [1.54, 1.807) is 6.33 Å². The molecule has 0 radical (unpaired) electrons. The van der Waals surface area contributed by atoms with Crippen LogP contribution in [0.5, 0.6) is 0 Å². The van der Waals surface area contributed by atoms with Gasteiger partial charge in [-0.2, -0.15) is 0 Å². The molecule has 1 heterocycles. The van der Waals surface area contributed by atoms with Crippen molar-refractivity contribution in [3.63, 3.8) is 0 Å². The summed E-state index contributed by atoms with van der Waals surface area (Å²) < 4.78 is 0. The third kappa shape index (κ3) is 2.34. The minimum absolute atomic E-state index is 0.295. The zero-order valence-electron chi connectivity index (χ0n) is 10.8. The van der Waals surface area contributed by atoms with Gasteiger partial charge in [0.05, 0.1) is 0 Å². The first-order chi connectivity index (χ1) is 8.83. The number of hydrogen-bond acceptors (Lipinski definition) is 4. The number of anilines is 1. The first-order valence-corrected chi connectivity index (χ1v) is 7.00. The van der Waals surface area contributed by atoms with Gasteiger partial charge >= 0.3 is 0 Å². The maximum Gasteiger partial charge on any atom is 0.132 e. The molecule has 0 aliphatic heterocycles. The molecule has 0 unspecified atom stereocenters. The molecule has 2 N–H and O–H groups in total. The molecule has 0 atom stereocenters. The van der Waals surface area contributed by atoms with Gasteiger partial charge in [0, 0.05) is 24.4 Å².